The first-order valence-electron chi connectivity index (χ1n) is 6.93. The summed E-state index contributed by atoms with van der Waals surface area (Å²) in [6, 6.07) is 8.53. The summed E-state index contributed by atoms with van der Waals surface area (Å²) in [4.78, 5) is 2.53. The molecule has 2 rings (SSSR count). The number of rotatable bonds is 4. The van der Waals surface area contributed by atoms with Gasteiger partial charge in [-0.15, -0.1) is 0 Å². The van der Waals surface area contributed by atoms with Crippen molar-refractivity contribution in [1.82, 2.24) is 4.90 Å². The molecule has 1 saturated heterocycles. The first-order chi connectivity index (χ1) is 8.69. The number of halogens is 1. The minimum absolute atomic E-state index is 0.533. The average Bonchev–Trinajstić information content (AvgIpc) is 2.41. The van der Waals surface area contributed by atoms with Crippen LogP contribution in [0.3, 0.4) is 0 Å². The summed E-state index contributed by atoms with van der Waals surface area (Å²) in [5.74, 6) is 0.781. The maximum atomic E-state index is 5.90. The van der Waals surface area contributed by atoms with E-state index in [1.54, 1.807) is 0 Å². The summed E-state index contributed by atoms with van der Waals surface area (Å²) >= 11 is 5.90. The molecule has 1 aromatic carbocycles. The lowest BCUT2D eigenvalue weighted by atomic mass is 9.90. The van der Waals surface area contributed by atoms with E-state index in [9.17, 15) is 0 Å². The number of piperidine rings is 1. The largest absolute Gasteiger partial charge is 0.382 e. The number of anilines is 1. The van der Waals surface area contributed by atoms with Crippen LogP contribution in [0.15, 0.2) is 24.3 Å². The van der Waals surface area contributed by atoms with Crippen LogP contribution < -0.4 is 5.32 Å². The van der Waals surface area contributed by atoms with E-state index in [0.717, 1.165) is 10.9 Å². The van der Waals surface area contributed by atoms with Crippen LogP contribution in [0.5, 0.6) is 0 Å². The fraction of sp³-hybridized carbons (Fsp3) is 0.600. The first kappa shape index (κ1) is 13.7. The fourth-order valence-electron chi connectivity index (χ4n) is 2.70. The third-order valence-electron chi connectivity index (χ3n) is 4.03. The van der Waals surface area contributed by atoms with Crippen molar-refractivity contribution >= 4 is 17.3 Å². The van der Waals surface area contributed by atoms with Crippen molar-refractivity contribution in [3.63, 3.8) is 0 Å². The molecule has 1 atom stereocenters. The van der Waals surface area contributed by atoms with Gasteiger partial charge in [-0.05, 0) is 69.6 Å². The Morgan fingerprint density at radius 2 is 1.89 bits per heavy atom. The Labute approximate surface area is 115 Å². The van der Waals surface area contributed by atoms with Crippen molar-refractivity contribution in [2.24, 2.45) is 5.92 Å². The second-order valence-electron chi connectivity index (χ2n) is 5.21. The molecule has 1 N–H and O–H groups in total. The summed E-state index contributed by atoms with van der Waals surface area (Å²) < 4.78 is 0. The van der Waals surface area contributed by atoms with Crippen molar-refractivity contribution in [3.05, 3.63) is 29.3 Å². The monoisotopic (exact) mass is 266 g/mol. The van der Waals surface area contributed by atoms with Gasteiger partial charge in [0.05, 0.1) is 0 Å². The predicted molar refractivity (Wildman–Crippen MR) is 79.4 cm³/mol. The van der Waals surface area contributed by atoms with E-state index < -0.39 is 0 Å². The summed E-state index contributed by atoms with van der Waals surface area (Å²) in [6.07, 6.45) is 2.60. The van der Waals surface area contributed by atoms with E-state index in [2.05, 4.69) is 36.2 Å². The molecule has 0 radical (unpaired) electrons. The van der Waals surface area contributed by atoms with Crippen molar-refractivity contribution in [2.75, 3.05) is 25.0 Å². The molecule has 100 valence electrons. The summed E-state index contributed by atoms with van der Waals surface area (Å²) in [5.41, 5.74) is 1.17. The molecule has 1 unspecified atom stereocenters. The molecule has 1 aromatic rings. The topological polar surface area (TPSA) is 15.3 Å². The van der Waals surface area contributed by atoms with Crippen LogP contribution >= 0.6 is 11.6 Å². The van der Waals surface area contributed by atoms with Crippen LogP contribution in [0.25, 0.3) is 0 Å². The number of hydrogen-bond acceptors (Lipinski definition) is 2. The van der Waals surface area contributed by atoms with E-state index in [1.165, 1.54) is 38.2 Å². The highest BCUT2D eigenvalue weighted by atomic mass is 35.5. The Kier molecular flexibility index (Phi) is 4.90. The van der Waals surface area contributed by atoms with Crippen molar-refractivity contribution < 1.29 is 0 Å². The van der Waals surface area contributed by atoms with Crippen LogP contribution in [0.2, 0.25) is 5.02 Å². The minimum Gasteiger partial charge on any atom is -0.382 e. The lowest BCUT2D eigenvalue weighted by molar-refractivity contribution is 0.183. The third-order valence-corrected chi connectivity index (χ3v) is 4.28. The molecule has 0 aliphatic carbocycles. The van der Waals surface area contributed by atoms with Crippen molar-refractivity contribution in [3.8, 4) is 0 Å². The van der Waals surface area contributed by atoms with Crippen LogP contribution in [0.1, 0.15) is 26.7 Å². The summed E-state index contributed by atoms with van der Waals surface area (Å²) in [6.45, 7) is 8.21. The molecule has 18 heavy (non-hydrogen) atoms. The van der Waals surface area contributed by atoms with Gasteiger partial charge in [-0.2, -0.15) is 0 Å². The van der Waals surface area contributed by atoms with Crippen LogP contribution in [-0.2, 0) is 0 Å². The average molecular weight is 267 g/mol. The van der Waals surface area contributed by atoms with Crippen LogP contribution in [0.4, 0.5) is 5.69 Å². The molecule has 1 aliphatic heterocycles. The fourth-order valence-corrected chi connectivity index (χ4v) is 2.82. The molecule has 0 saturated carbocycles. The third kappa shape index (κ3) is 3.63. The summed E-state index contributed by atoms with van der Waals surface area (Å²) in [7, 11) is 0. The molecule has 0 amide bonds. The van der Waals surface area contributed by atoms with Gasteiger partial charge in [-0.25, -0.2) is 0 Å². The molecule has 0 aromatic heterocycles. The quantitative estimate of drug-likeness (QED) is 0.890. The second kappa shape index (κ2) is 6.44. The van der Waals surface area contributed by atoms with Gasteiger partial charge in [-0.1, -0.05) is 18.5 Å². The van der Waals surface area contributed by atoms with Gasteiger partial charge >= 0.3 is 0 Å². The molecule has 0 spiro atoms. The SMILES string of the molecule is CCN1CCC(C(C)Nc2ccc(Cl)cc2)CC1. The van der Waals surface area contributed by atoms with Gasteiger partial charge in [-0.3, -0.25) is 0 Å². The van der Waals surface area contributed by atoms with Gasteiger partial charge in [0.25, 0.3) is 0 Å². The maximum Gasteiger partial charge on any atom is 0.0407 e. The molecule has 1 aliphatic rings. The van der Waals surface area contributed by atoms with Crippen LogP contribution in [0, 0.1) is 5.92 Å². The van der Waals surface area contributed by atoms with E-state index in [-0.39, 0.29) is 0 Å². The van der Waals surface area contributed by atoms with Gasteiger partial charge in [0.15, 0.2) is 0 Å². The van der Waals surface area contributed by atoms with E-state index in [1.807, 2.05) is 12.1 Å². The Bertz CT molecular complexity index is 355. The maximum absolute atomic E-state index is 5.90. The van der Waals surface area contributed by atoms with Crippen molar-refractivity contribution in [2.45, 2.75) is 32.7 Å². The molecule has 1 heterocycles. The molecular weight excluding hydrogens is 244 g/mol. The molecule has 3 heteroatoms. The van der Waals surface area contributed by atoms with Crippen molar-refractivity contribution in [1.29, 1.82) is 0 Å². The molecule has 0 bridgehead atoms. The number of hydrogen-bond donors (Lipinski definition) is 1. The lowest BCUT2D eigenvalue weighted by Crippen LogP contribution is -2.39. The Balaban J connectivity index is 1.85. The van der Waals surface area contributed by atoms with Gasteiger partial charge in [0, 0.05) is 16.8 Å². The van der Waals surface area contributed by atoms with Gasteiger partial charge in [0.1, 0.15) is 0 Å². The smallest absolute Gasteiger partial charge is 0.0407 e. The molecule has 2 nitrogen and oxygen atoms in total. The Morgan fingerprint density at radius 1 is 1.28 bits per heavy atom. The highest BCUT2D eigenvalue weighted by Crippen LogP contribution is 2.23. The van der Waals surface area contributed by atoms with Crippen LogP contribution in [-0.4, -0.2) is 30.6 Å². The van der Waals surface area contributed by atoms with Gasteiger partial charge < -0.3 is 10.2 Å². The number of likely N-dealkylation sites (tertiary alicyclic amines) is 1. The predicted octanol–water partition coefficient (Wildman–Crippen LogP) is 3.87. The number of benzene rings is 1. The lowest BCUT2D eigenvalue weighted by Gasteiger charge is -2.34. The highest BCUT2D eigenvalue weighted by molar-refractivity contribution is 6.30. The summed E-state index contributed by atoms with van der Waals surface area (Å²) in [5, 5.41) is 4.39. The molecule has 1 fully saturated rings. The zero-order valence-corrected chi connectivity index (χ0v) is 12.1. The van der Waals surface area contributed by atoms with E-state index >= 15 is 0 Å². The zero-order chi connectivity index (χ0) is 13.0. The number of nitrogens with zero attached hydrogens (tertiary/aromatic N) is 1. The standard InChI is InChI=1S/C15H23ClN2/c1-3-18-10-8-13(9-11-18)12(2)17-15-6-4-14(16)5-7-15/h4-7,12-13,17H,3,8-11H2,1-2H3. The van der Waals surface area contributed by atoms with E-state index in [4.69, 9.17) is 11.6 Å². The Hall–Kier alpha value is -0.730. The first-order valence-corrected chi connectivity index (χ1v) is 7.31. The number of nitrogens with one attached hydrogen (secondary N) is 1. The highest BCUT2D eigenvalue weighted by Gasteiger charge is 2.22. The molecular formula is C15H23ClN2. The zero-order valence-electron chi connectivity index (χ0n) is 11.3. The minimum atomic E-state index is 0.533. The van der Waals surface area contributed by atoms with Gasteiger partial charge in [0.2, 0.25) is 0 Å². The van der Waals surface area contributed by atoms with E-state index in [0.29, 0.717) is 6.04 Å². The normalized spacial score (nSPS) is 19.7. The Morgan fingerprint density at radius 3 is 2.44 bits per heavy atom. The second-order valence-corrected chi connectivity index (χ2v) is 5.65.